The number of alkyl halides is 3. The Morgan fingerprint density at radius 1 is 1.15 bits per heavy atom. The second-order valence-electron chi connectivity index (χ2n) is 8.81. The van der Waals surface area contributed by atoms with Crippen molar-refractivity contribution in [2.75, 3.05) is 49.9 Å². The number of amides is 3. The van der Waals surface area contributed by atoms with Gasteiger partial charge in [0, 0.05) is 57.2 Å². The van der Waals surface area contributed by atoms with E-state index in [1.807, 2.05) is 4.90 Å². The van der Waals surface area contributed by atoms with E-state index in [9.17, 15) is 37.6 Å². The van der Waals surface area contributed by atoms with Crippen LogP contribution in [0.5, 0.6) is 0 Å². The summed E-state index contributed by atoms with van der Waals surface area (Å²) in [5.74, 6) is -1.45. The molecule has 3 rings (SSSR count). The molecule has 0 spiro atoms. The zero-order chi connectivity index (χ0) is 29.4. The summed E-state index contributed by atoms with van der Waals surface area (Å²) >= 11 is 0.791. The van der Waals surface area contributed by atoms with Crippen LogP contribution in [0.15, 0.2) is 29.1 Å². The Labute approximate surface area is 231 Å². The molecule has 0 bridgehead atoms. The van der Waals surface area contributed by atoms with E-state index >= 15 is 0 Å². The Balaban J connectivity index is 1.74. The van der Waals surface area contributed by atoms with Crippen LogP contribution in [-0.4, -0.2) is 77.5 Å². The van der Waals surface area contributed by atoms with Crippen molar-refractivity contribution in [1.29, 1.82) is 5.26 Å². The summed E-state index contributed by atoms with van der Waals surface area (Å²) in [4.78, 5) is 52.7. The second-order valence-corrected chi connectivity index (χ2v) is 9.84. The standard InChI is InChI=1S/C25H28F3N7O4S/c1-3-35-23(39)20(40-24(35)19(12-29)22(38)31-15-25(26,27)28)13-30-17-5-4-6-18(11-17)32-21(37)14-33-7-9-34(10-8-33)16(2)36/h4-6,11,13,30H,3,7-10,14-15H2,1-2H3,(H,31,38)(H,32,37)/b20-13+,24-19-. The molecule has 1 aliphatic rings. The van der Waals surface area contributed by atoms with Gasteiger partial charge < -0.3 is 20.9 Å². The zero-order valence-corrected chi connectivity index (χ0v) is 22.6. The Hall–Kier alpha value is -4.16. The number of nitrogens with one attached hydrogen (secondary N) is 3. The summed E-state index contributed by atoms with van der Waals surface area (Å²) in [7, 11) is 0. The minimum Gasteiger partial charge on any atom is -0.360 e. The number of hydrogen-bond donors (Lipinski definition) is 3. The normalized spacial score (nSPS) is 15.3. The van der Waals surface area contributed by atoms with Crippen LogP contribution in [0.4, 0.5) is 24.5 Å². The molecule has 1 aromatic carbocycles. The van der Waals surface area contributed by atoms with Crippen molar-refractivity contribution in [2.45, 2.75) is 26.6 Å². The molecule has 0 aliphatic carbocycles. The molecule has 214 valence electrons. The van der Waals surface area contributed by atoms with Crippen LogP contribution in [0.3, 0.4) is 0 Å². The highest BCUT2D eigenvalue weighted by Gasteiger charge is 2.29. The highest BCUT2D eigenvalue weighted by Crippen LogP contribution is 2.15. The smallest absolute Gasteiger partial charge is 0.360 e. The quantitative estimate of drug-likeness (QED) is 0.407. The first-order valence-electron chi connectivity index (χ1n) is 12.2. The number of benzene rings is 1. The molecular formula is C25H28F3N7O4S. The number of aromatic nitrogens is 1. The lowest BCUT2D eigenvalue weighted by atomic mass is 10.2. The highest BCUT2D eigenvalue weighted by molar-refractivity contribution is 7.07. The first-order valence-corrected chi connectivity index (χ1v) is 13.1. The number of rotatable bonds is 8. The molecule has 1 fully saturated rings. The van der Waals surface area contributed by atoms with Gasteiger partial charge in [-0.05, 0) is 25.1 Å². The van der Waals surface area contributed by atoms with Gasteiger partial charge in [-0.25, -0.2) is 0 Å². The molecule has 3 amide bonds. The lowest BCUT2D eigenvalue weighted by Gasteiger charge is -2.33. The molecule has 1 saturated heterocycles. The number of carbonyl (C=O) groups excluding carboxylic acids is 3. The van der Waals surface area contributed by atoms with Crippen molar-refractivity contribution in [1.82, 2.24) is 19.7 Å². The van der Waals surface area contributed by atoms with E-state index in [-0.39, 0.29) is 34.1 Å². The van der Waals surface area contributed by atoms with Crippen molar-refractivity contribution < 1.29 is 27.6 Å². The predicted octanol–water partition coefficient (Wildman–Crippen LogP) is 0.235. The van der Waals surface area contributed by atoms with Gasteiger partial charge in [0.25, 0.3) is 11.5 Å². The average molecular weight is 580 g/mol. The van der Waals surface area contributed by atoms with E-state index in [0.717, 1.165) is 15.9 Å². The Morgan fingerprint density at radius 3 is 2.42 bits per heavy atom. The maximum absolute atomic E-state index is 12.8. The molecule has 15 heteroatoms. The lowest BCUT2D eigenvalue weighted by molar-refractivity contribution is -0.135. The van der Waals surface area contributed by atoms with Gasteiger partial charge in [-0.3, -0.25) is 28.6 Å². The first-order chi connectivity index (χ1) is 18.9. The molecule has 0 unspecified atom stereocenters. The minimum absolute atomic E-state index is 0.00710. The molecule has 1 aliphatic heterocycles. The number of thiazole rings is 1. The van der Waals surface area contributed by atoms with Gasteiger partial charge in [0.1, 0.15) is 21.8 Å². The van der Waals surface area contributed by atoms with Crippen molar-refractivity contribution >= 4 is 52.2 Å². The van der Waals surface area contributed by atoms with Crippen molar-refractivity contribution in [3.8, 4) is 6.07 Å². The molecule has 11 nitrogen and oxygen atoms in total. The number of piperazine rings is 1. The van der Waals surface area contributed by atoms with Crippen LogP contribution in [0.25, 0.3) is 11.8 Å². The fourth-order valence-corrected chi connectivity index (χ4v) is 5.00. The van der Waals surface area contributed by atoms with Crippen molar-refractivity contribution in [2.24, 2.45) is 0 Å². The van der Waals surface area contributed by atoms with Gasteiger partial charge in [-0.2, -0.15) is 18.4 Å². The third-order valence-corrected chi connectivity index (χ3v) is 7.06. The van der Waals surface area contributed by atoms with Crippen molar-refractivity contribution in [3.63, 3.8) is 0 Å². The van der Waals surface area contributed by atoms with Crippen molar-refractivity contribution in [3.05, 3.63) is 43.8 Å². The largest absolute Gasteiger partial charge is 0.405 e. The molecule has 2 heterocycles. The van der Waals surface area contributed by atoms with E-state index in [4.69, 9.17) is 0 Å². The molecular weight excluding hydrogens is 551 g/mol. The first kappa shape index (κ1) is 30.4. The monoisotopic (exact) mass is 579 g/mol. The van der Waals surface area contributed by atoms with Crippen LogP contribution in [0.1, 0.15) is 13.8 Å². The summed E-state index contributed by atoms with van der Waals surface area (Å²) in [5.41, 5.74) is -0.0938. The maximum atomic E-state index is 12.8. The summed E-state index contributed by atoms with van der Waals surface area (Å²) in [6, 6.07) is 8.32. The van der Waals surface area contributed by atoms with E-state index in [2.05, 4.69) is 10.6 Å². The lowest BCUT2D eigenvalue weighted by Crippen LogP contribution is -2.49. The Bertz CT molecular complexity index is 1490. The van der Waals surface area contributed by atoms with Crippen LogP contribution >= 0.6 is 11.3 Å². The molecule has 3 N–H and O–H groups in total. The molecule has 0 saturated carbocycles. The number of anilines is 2. The Kier molecular flexibility index (Phi) is 10.1. The van der Waals surface area contributed by atoms with Gasteiger partial charge in [-0.15, -0.1) is 11.3 Å². The average Bonchev–Trinajstić information content (AvgIpc) is 3.21. The molecule has 0 atom stereocenters. The topological polar surface area (TPSA) is 140 Å². The van der Waals surface area contributed by atoms with E-state index in [0.29, 0.717) is 37.6 Å². The molecule has 2 aromatic rings. The molecule has 40 heavy (non-hydrogen) atoms. The number of carbonyl (C=O) groups is 3. The summed E-state index contributed by atoms with van der Waals surface area (Å²) in [5, 5.41) is 16.8. The summed E-state index contributed by atoms with van der Waals surface area (Å²) < 4.78 is 38.7. The predicted molar refractivity (Wildman–Crippen MR) is 143 cm³/mol. The van der Waals surface area contributed by atoms with E-state index in [1.165, 1.54) is 13.1 Å². The van der Waals surface area contributed by atoms with Crippen LogP contribution in [-0.2, 0) is 20.9 Å². The number of hydrogen-bond acceptors (Lipinski definition) is 8. The van der Waals surface area contributed by atoms with Crippen LogP contribution in [0, 0.1) is 11.3 Å². The molecule has 1 aromatic heterocycles. The van der Waals surface area contributed by atoms with Gasteiger partial charge in [0.15, 0.2) is 5.57 Å². The van der Waals surface area contributed by atoms with Crippen LogP contribution in [0.2, 0.25) is 0 Å². The fraction of sp³-hybridized carbons (Fsp3) is 0.400. The molecule has 0 radical (unpaired) electrons. The second kappa shape index (κ2) is 13.3. The van der Waals surface area contributed by atoms with Gasteiger partial charge >= 0.3 is 6.18 Å². The zero-order valence-electron chi connectivity index (χ0n) is 21.8. The number of nitriles is 1. The van der Waals surface area contributed by atoms with E-state index < -0.39 is 29.8 Å². The third kappa shape index (κ3) is 8.17. The van der Waals surface area contributed by atoms with Gasteiger partial charge in [0.2, 0.25) is 11.8 Å². The third-order valence-electron chi connectivity index (χ3n) is 5.93. The summed E-state index contributed by atoms with van der Waals surface area (Å²) in [6.07, 6.45) is -3.29. The SMILES string of the molecule is CCn1c(=O)/c(=C\Nc2cccc(NC(=O)CN3CCN(C(C)=O)CC3)c2)s/c1=C(/C#N)C(=O)NCC(F)(F)F. The summed E-state index contributed by atoms with van der Waals surface area (Å²) in [6.45, 7) is 4.07. The fourth-order valence-electron chi connectivity index (χ4n) is 3.92. The number of halogens is 3. The van der Waals surface area contributed by atoms with Gasteiger partial charge in [-0.1, -0.05) is 6.07 Å². The Morgan fingerprint density at radius 2 is 1.82 bits per heavy atom. The highest BCUT2D eigenvalue weighted by atomic mass is 32.1. The van der Waals surface area contributed by atoms with E-state index in [1.54, 1.807) is 47.5 Å². The minimum atomic E-state index is -4.65. The maximum Gasteiger partial charge on any atom is 0.405 e. The number of nitrogens with zero attached hydrogens (tertiary/aromatic N) is 4. The van der Waals surface area contributed by atoms with Gasteiger partial charge in [0.05, 0.1) is 6.54 Å². The van der Waals surface area contributed by atoms with Crippen LogP contribution < -0.4 is 30.7 Å².